The lowest BCUT2D eigenvalue weighted by Crippen LogP contribution is -2.21. The van der Waals surface area contributed by atoms with Crippen LogP contribution in [0.2, 0.25) is 0 Å². The Hall–Kier alpha value is -1.13. The van der Waals surface area contributed by atoms with E-state index in [1.165, 1.54) is 0 Å². The highest BCUT2D eigenvalue weighted by molar-refractivity contribution is 5.15. The minimum absolute atomic E-state index is 0.289. The first-order valence-electron chi connectivity index (χ1n) is 5.54. The third kappa shape index (κ3) is 5.09. The van der Waals surface area contributed by atoms with E-state index in [1.807, 2.05) is 32.0 Å². The molecule has 0 aliphatic rings. The van der Waals surface area contributed by atoms with Crippen LogP contribution in [0.3, 0.4) is 0 Å². The Labute approximate surface area is 97.0 Å². The molecule has 0 spiro atoms. The molecule has 16 heavy (non-hydrogen) atoms. The second-order valence-electron chi connectivity index (χ2n) is 3.77. The molecule has 1 aromatic heterocycles. The molecule has 90 valence electrons. The van der Waals surface area contributed by atoms with Crippen LogP contribution in [0.15, 0.2) is 18.2 Å². The summed E-state index contributed by atoms with van der Waals surface area (Å²) >= 11 is 0. The lowest BCUT2D eigenvalue weighted by atomic mass is 10.3. The van der Waals surface area contributed by atoms with E-state index >= 15 is 0 Å². The van der Waals surface area contributed by atoms with Crippen molar-refractivity contribution < 1.29 is 9.47 Å². The van der Waals surface area contributed by atoms with Gasteiger partial charge in [0.1, 0.15) is 0 Å². The summed E-state index contributed by atoms with van der Waals surface area (Å²) in [5.74, 6) is 0.651. The summed E-state index contributed by atoms with van der Waals surface area (Å²) in [5.41, 5.74) is 0.976. The highest BCUT2D eigenvalue weighted by Crippen LogP contribution is 2.05. The van der Waals surface area contributed by atoms with E-state index < -0.39 is 0 Å². The van der Waals surface area contributed by atoms with Crippen molar-refractivity contribution in [3.63, 3.8) is 0 Å². The fraction of sp³-hybridized carbons (Fsp3) is 0.583. The Balaban J connectivity index is 2.21. The van der Waals surface area contributed by atoms with Crippen molar-refractivity contribution in [2.45, 2.75) is 26.5 Å². The summed E-state index contributed by atoms with van der Waals surface area (Å²) in [7, 11) is 1.62. The Morgan fingerprint density at radius 1 is 1.38 bits per heavy atom. The molecule has 0 fully saturated rings. The molecule has 0 aliphatic heterocycles. The molecule has 0 unspecified atom stereocenters. The van der Waals surface area contributed by atoms with Crippen molar-refractivity contribution in [3.8, 4) is 5.88 Å². The lowest BCUT2D eigenvalue weighted by Gasteiger charge is -2.08. The number of hydrogen-bond donors (Lipinski definition) is 1. The maximum Gasteiger partial charge on any atom is 0.213 e. The molecular weight excluding hydrogens is 204 g/mol. The number of ether oxygens (including phenoxy) is 2. The van der Waals surface area contributed by atoms with E-state index in [4.69, 9.17) is 9.47 Å². The molecule has 4 heteroatoms. The van der Waals surface area contributed by atoms with E-state index in [0.29, 0.717) is 5.88 Å². The maximum atomic E-state index is 5.42. The van der Waals surface area contributed by atoms with Crippen molar-refractivity contribution in [3.05, 3.63) is 23.9 Å². The number of pyridine rings is 1. The summed E-state index contributed by atoms with van der Waals surface area (Å²) in [5, 5.41) is 3.27. The molecule has 1 aromatic rings. The summed E-state index contributed by atoms with van der Waals surface area (Å²) in [6.45, 7) is 6.35. The molecule has 1 rings (SSSR count). The fourth-order valence-corrected chi connectivity index (χ4v) is 1.25. The molecule has 0 aliphatic carbocycles. The average molecular weight is 224 g/mol. The van der Waals surface area contributed by atoms with E-state index in [2.05, 4.69) is 10.3 Å². The fourth-order valence-electron chi connectivity index (χ4n) is 1.25. The first kappa shape index (κ1) is 12.9. The van der Waals surface area contributed by atoms with E-state index in [0.717, 1.165) is 25.4 Å². The molecule has 0 aromatic carbocycles. The van der Waals surface area contributed by atoms with Gasteiger partial charge in [-0.25, -0.2) is 4.98 Å². The number of hydrogen-bond acceptors (Lipinski definition) is 4. The number of methoxy groups -OCH3 is 1. The second kappa shape index (κ2) is 7.19. The zero-order valence-electron chi connectivity index (χ0n) is 10.2. The minimum Gasteiger partial charge on any atom is -0.481 e. The summed E-state index contributed by atoms with van der Waals surface area (Å²) in [4.78, 5) is 4.30. The van der Waals surface area contributed by atoms with Gasteiger partial charge in [0, 0.05) is 19.2 Å². The van der Waals surface area contributed by atoms with Gasteiger partial charge < -0.3 is 14.8 Å². The first-order valence-corrected chi connectivity index (χ1v) is 5.54. The zero-order chi connectivity index (χ0) is 11.8. The molecule has 0 saturated heterocycles. The van der Waals surface area contributed by atoms with Crippen LogP contribution < -0.4 is 10.1 Å². The third-order valence-electron chi connectivity index (χ3n) is 2.03. The molecule has 0 amide bonds. The van der Waals surface area contributed by atoms with Crippen LogP contribution in [0.4, 0.5) is 0 Å². The van der Waals surface area contributed by atoms with Gasteiger partial charge in [0.05, 0.1) is 25.5 Å². The first-order chi connectivity index (χ1) is 7.72. The third-order valence-corrected chi connectivity index (χ3v) is 2.03. The highest BCUT2D eigenvalue weighted by atomic mass is 16.5. The van der Waals surface area contributed by atoms with Crippen LogP contribution in [0.25, 0.3) is 0 Å². The van der Waals surface area contributed by atoms with Gasteiger partial charge in [0.2, 0.25) is 5.88 Å². The Bertz CT molecular complexity index is 303. The summed E-state index contributed by atoms with van der Waals surface area (Å²) in [6, 6.07) is 5.75. The van der Waals surface area contributed by atoms with Crippen LogP contribution in [0.1, 0.15) is 19.5 Å². The van der Waals surface area contributed by atoms with Gasteiger partial charge >= 0.3 is 0 Å². The van der Waals surface area contributed by atoms with E-state index in [-0.39, 0.29) is 6.10 Å². The topological polar surface area (TPSA) is 43.4 Å². The van der Waals surface area contributed by atoms with Crippen molar-refractivity contribution >= 4 is 0 Å². The highest BCUT2D eigenvalue weighted by Gasteiger charge is 1.97. The molecule has 0 radical (unpaired) electrons. The molecule has 4 nitrogen and oxygen atoms in total. The van der Waals surface area contributed by atoms with Crippen LogP contribution >= 0.6 is 0 Å². The van der Waals surface area contributed by atoms with Crippen molar-refractivity contribution in [2.24, 2.45) is 0 Å². The second-order valence-corrected chi connectivity index (χ2v) is 3.77. The van der Waals surface area contributed by atoms with Gasteiger partial charge in [0.25, 0.3) is 0 Å². The van der Waals surface area contributed by atoms with Crippen molar-refractivity contribution in [1.82, 2.24) is 10.3 Å². The Morgan fingerprint density at radius 3 is 2.88 bits per heavy atom. The molecule has 0 bridgehead atoms. The smallest absolute Gasteiger partial charge is 0.213 e. The van der Waals surface area contributed by atoms with Crippen LogP contribution in [-0.2, 0) is 11.3 Å². The number of nitrogens with one attached hydrogen (secondary N) is 1. The maximum absolute atomic E-state index is 5.42. The predicted molar refractivity (Wildman–Crippen MR) is 63.6 cm³/mol. The van der Waals surface area contributed by atoms with Crippen molar-refractivity contribution in [1.29, 1.82) is 0 Å². The molecule has 0 saturated carbocycles. The SMILES string of the molecule is COc1cccc(CNCCOC(C)C)n1. The van der Waals surface area contributed by atoms with Gasteiger partial charge in [-0.2, -0.15) is 0 Å². The number of nitrogens with zero attached hydrogens (tertiary/aromatic N) is 1. The Morgan fingerprint density at radius 2 is 2.19 bits per heavy atom. The molecule has 0 atom stereocenters. The van der Waals surface area contributed by atoms with Crippen LogP contribution in [0.5, 0.6) is 5.88 Å². The lowest BCUT2D eigenvalue weighted by molar-refractivity contribution is 0.0806. The quantitative estimate of drug-likeness (QED) is 0.714. The van der Waals surface area contributed by atoms with Crippen molar-refractivity contribution in [2.75, 3.05) is 20.3 Å². The van der Waals surface area contributed by atoms with Gasteiger partial charge in [-0.1, -0.05) is 6.07 Å². The number of aromatic nitrogens is 1. The Kier molecular flexibility index (Phi) is 5.82. The van der Waals surface area contributed by atoms with E-state index in [1.54, 1.807) is 7.11 Å². The monoisotopic (exact) mass is 224 g/mol. The van der Waals surface area contributed by atoms with E-state index in [9.17, 15) is 0 Å². The largest absolute Gasteiger partial charge is 0.481 e. The summed E-state index contributed by atoms with van der Waals surface area (Å²) in [6.07, 6.45) is 0.289. The van der Waals surface area contributed by atoms with Gasteiger partial charge in [-0.3, -0.25) is 0 Å². The zero-order valence-corrected chi connectivity index (χ0v) is 10.2. The summed E-state index contributed by atoms with van der Waals surface area (Å²) < 4.78 is 10.5. The van der Waals surface area contributed by atoms with Crippen LogP contribution in [-0.4, -0.2) is 31.3 Å². The molecule has 1 heterocycles. The molecule has 1 N–H and O–H groups in total. The van der Waals surface area contributed by atoms with Gasteiger partial charge in [0.15, 0.2) is 0 Å². The number of rotatable bonds is 7. The average Bonchev–Trinajstić information content (AvgIpc) is 2.28. The van der Waals surface area contributed by atoms with Gasteiger partial charge in [-0.15, -0.1) is 0 Å². The predicted octanol–water partition coefficient (Wildman–Crippen LogP) is 1.60. The molecular formula is C12H20N2O2. The van der Waals surface area contributed by atoms with Gasteiger partial charge in [-0.05, 0) is 19.9 Å². The van der Waals surface area contributed by atoms with Crippen LogP contribution in [0, 0.1) is 0 Å². The normalized spacial score (nSPS) is 10.8. The standard InChI is InChI=1S/C12H20N2O2/c1-10(2)16-8-7-13-9-11-5-4-6-12(14-11)15-3/h4-6,10,13H,7-9H2,1-3H3. The minimum atomic E-state index is 0.289.